The van der Waals surface area contributed by atoms with Gasteiger partial charge in [-0.25, -0.2) is 4.68 Å². The smallest absolute Gasteiger partial charge is 0.131 e. The van der Waals surface area contributed by atoms with Gasteiger partial charge in [-0.15, -0.1) is 5.10 Å². The summed E-state index contributed by atoms with van der Waals surface area (Å²) in [5, 5.41) is 11.4. The SMILES string of the molecule is CNc1cccc(-n2cc(-c3ccccn3)nn2)c1. The maximum absolute atomic E-state index is 4.26. The topological polar surface area (TPSA) is 55.6 Å². The quantitative estimate of drug-likeness (QED) is 0.776. The van der Waals surface area contributed by atoms with Crippen molar-refractivity contribution in [1.82, 2.24) is 20.0 Å². The predicted octanol–water partition coefficient (Wildman–Crippen LogP) is 2.37. The number of anilines is 1. The Morgan fingerprint density at radius 3 is 2.79 bits per heavy atom. The summed E-state index contributed by atoms with van der Waals surface area (Å²) in [6.07, 6.45) is 3.62. The van der Waals surface area contributed by atoms with Crippen LogP contribution in [-0.4, -0.2) is 27.0 Å². The first-order valence-electron chi connectivity index (χ1n) is 5.99. The number of benzene rings is 1. The van der Waals surface area contributed by atoms with Crippen molar-refractivity contribution in [2.45, 2.75) is 0 Å². The van der Waals surface area contributed by atoms with E-state index in [9.17, 15) is 0 Å². The zero-order valence-corrected chi connectivity index (χ0v) is 10.5. The van der Waals surface area contributed by atoms with E-state index in [2.05, 4.69) is 20.6 Å². The lowest BCUT2D eigenvalue weighted by Crippen LogP contribution is -1.96. The van der Waals surface area contributed by atoms with E-state index >= 15 is 0 Å². The molecule has 5 heteroatoms. The van der Waals surface area contributed by atoms with E-state index in [1.807, 2.05) is 55.7 Å². The lowest BCUT2D eigenvalue weighted by Gasteiger charge is -2.03. The molecule has 0 aliphatic rings. The third kappa shape index (κ3) is 2.30. The highest BCUT2D eigenvalue weighted by Gasteiger charge is 2.06. The van der Waals surface area contributed by atoms with Crippen molar-refractivity contribution in [3.63, 3.8) is 0 Å². The van der Waals surface area contributed by atoms with Gasteiger partial charge in [0.05, 0.1) is 17.6 Å². The standard InChI is InChI=1S/C14H13N5/c1-15-11-5-4-6-12(9-11)19-10-14(17-18-19)13-7-2-3-8-16-13/h2-10,15H,1H3. The molecular formula is C14H13N5. The van der Waals surface area contributed by atoms with Crippen molar-refractivity contribution < 1.29 is 0 Å². The summed E-state index contributed by atoms with van der Waals surface area (Å²) in [4.78, 5) is 4.26. The Labute approximate surface area is 110 Å². The number of nitrogens with zero attached hydrogens (tertiary/aromatic N) is 4. The van der Waals surface area contributed by atoms with Crippen molar-refractivity contribution in [2.24, 2.45) is 0 Å². The van der Waals surface area contributed by atoms with E-state index in [4.69, 9.17) is 0 Å². The Kier molecular flexibility index (Phi) is 2.94. The predicted molar refractivity (Wildman–Crippen MR) is 74.1 cm³/mol. The van der Waals surface area contributed by atoms with E-state index in [0.717, 1.165) is 22.8 Å². The van der Waals surface area contributed by atoms with Crippen molar-refractivity contribution >= 4 is 5.69 Å². The summed E-state index contributed by atoms with van der Waals surface area (Å²) in [5.74, 6) is 0. The monoisotopic (exact) mass is 251 g/mol. The average molecular weight is 251 g/mol. The van der Waals surface area contributed by atoms with Gasteiger partial charge in [0.1, 0.15) is 5.69 Å². The molecule has 5 nitrogen and oxygen atoms in total. The van der Waals surface area contributed by atoms with Crippen molar-refractivity contribution in [3.8, 4) is 17.1 Å². The zero-order chi connectivity index (χ0) is 13.1. The Hall–Kier alpha value is -2.69. The van der Waals surface area contributed by atoms with Crippen LogP contribution in [-0.2, 0) is 0 Å². The van der Waals surface area contributed by atoms with Gasteiger partial charge < -0.3 is 5.32 Å². The Balaban J connectivity index is 1.97. The summed E-state index contributed by atoms with van der Waals surface area (Å²) < 4.78 is 1.74. The molecule has 0 spiro atoms. The number of hydrogen-bond donors (Lipinski definition) is 1. The van der Waals surface area contributed by atoms with Crippen LogP contribution in [0.4, 0.5) is 5.69 Å². The molecule has 2 aromatic heterocycles. The van der Waals surface area contributed by atoms with Crippen LogP contribution in [0.15, 0.2) is 54.9 Å². The van der Waals surface area contributed by atoms with Crippen LogP contribution in [0.3, 0.4) is 0 Å². The number of aromatic nitrogens is 4. The largest absolute Gasteiger partial charge is 0.388 e. The molecule has 1 aromatic carbocycles. The van der Waals surface area contributed by atoms with E-state index in [1.54, 1.807) is 10.9 Å². The van der Waals surface area contributed by atoms with Gasteiger partial charge in [0, 0.05) is 18.9 Å². The van der Waals surface area contributed by atoms with Gasteiger partial charge in [-0.05, 0) is 30.3 Å². The van der Waals surface area contributed by atoms with Crippen molar-refractivity contribution in [1.29, 1.82) is 0 Å². The number of hydrogen-bond acceptors (Lipinski definition) is 4. The molecule has 94 valence electrons. The maximum Gasteiger partial charge on any atom is 0.131 e. The summed E-state index contributed by atoms with van der Waals surface area (Å²) in [6.45, 7) is 0. The second-order valence-electron chi connectivity index (χ2n) is 4.06. The van der Waals surface area contributed by atoms with Gasteiger partial charge in [0.25, 0.3) is 0 Å². The summed E-state index contributed by atoms with van der Waals surface area (Å²) in [6, 6.07) is 13.7. The molecule has 0 aliphatic heterocycles. The van der Waals surface area contributed by atoms with Crippen LogP contribution in [0.25, 0.3) is 17.1 Å². The van der Waals surface area contributed by atoms with Crippen LogP contribution >= 0.6 is 0 Å². The second-order valence-corrected chi connectivity index (χ2v) is 4.06. The summed E-state index contributed by atoms with van der Waals surface area (Å²) in [5.41, 5.74) is 3.57. The molecule has 0 bridgehead atoms. The van der Waals surface area contributed by atoms with Crippen molar-refractivity contribution in [2.75, 3.05) is 12.4 Å². The molecule has 2 heterocycles. The molecule has 0 saturated heterocycles. The molecule has 0 unspecified atom stereocenters. The highest BCUT2D eigenvalue weighted by Crippen LogP contribution is 2.17. The zero-order valence-electron chi connectivity index (χ0n) is 10.5. The molecule has 19 heavy (non-hydrogen) atoms. The molecular weight excluding hydrogens is 238 g/mol. The Morgan fingerprint density at radius 2 is 2.00 bits per heavy atom. The summed E-state index contributed by atoms with van der Waals surface area (Å²) >= 11 is 0. The fourth-order valence-corrected chi connectivity index (χ4v) is 1.83. The first kappa shape index (κ1) is 11.4. The number of rotatable bonds is 3. The number of pyridine rings is 1. The third-order valence-corrected chi connectivity index (χ3v) is 2.82. The highest BCUT2D eigenvalue weighted by molar-refractivity contribution is 5.54. The minimum absolute atomic E-state index is 0.760. The minimum Gasteiger partial charge on any atom is -0.388 e. The van der Waals surface area contributed by atoms with E-state index < -0.39 is 0 Å². The van der Waals surface area contributed by atoms with Crippen LogP contribution in [0, 0.1) is 0 Å². The molecule has 0 fully saturated rings. The minimum atomic E-state index is 0.760. The second kappa shape index (κ2) is 4.89. The fraction of sp³-hybridized carbons (Fsp3) is 0.0714. The van der Waals surface area contributed by atoms with Crippen molar-refractivity contribution in [3.05, 3.63) is 54.9 Å². The Bertz CT molecular complexity index is 675. The molecule has 1 N–H and O–H groups in total. The van der Waals surface area contributed by atoms with Crippen LogP contribution in [0.5, 0.6) is 0 Å². The van der Waals surface area contributed by atoms with Gasteiger partial charge in [-0.1, -0.05) is 17.3 Å². The number of nitrogens with one attached hydrogen (secondary N) is 1. The summed E-state index contributed by atoms with van der Waals surface area (Å²) in [7, 11) is 1.89. The van der Waals surface area contributed by atoms with Crippen LogP contribution in [0.2, 0.25) is 0 Å². The highest BCUT2D eigenvalue weighted by atomic mass is 15.4. The first-order chi connectivity index (χ1) is 9.36. The van der Waals surface area contributed by atoms with Gasteiger partial charge in [-0.3, -0.25) is 4.98 Å². The van der Waals surface area contributed by atoms with Crippen LogP contribution < -0.4 is 5.32 Å². The van der Waals surface area contributed by atoms with E-state index in [-0.39, 0.29) is 0 Å². The lowest BCUT2D eigenvalue weighted by molar-refractivity contribution is 0.804. The molecule has 0 aliphatic carbocycles. The van der Waals surface area contributed by atoms with Gasteiger partial charge in [-0.2, -0.15) is 0 Å². The van der Waals surface area contributed by atoms with Gasteiger partial charge >= 0.3 is 0 Å². The first-order valence-corrected chi connectivity index (χ1v) is 5.99. The lowest BCUT2D eigenvalue weighted by atomic mass is 10.2. The average Bonchev–Trinajstić information content (AvgIpc) is 2.98. The molecule has 0 saturated carbocycles. The molecule has 0 radical (unpaired) electrons. The third-order valence-electron chi connectivity index (χ3n) is 2.82. The van der Waals surface area contributed by atoms with E-state index in [1.165, 1.54) is 0 Å². The Morgan fingerprint density at radius 1 is 1.05 bits per heavy atom. The fourth-order valence-electron chi connectivity index (χ4n) is 1.83. The van der Waals surface area contributed by atoms with Gasteiger partial charge in [0.15, 0.2) is 0 Å². The van der Waals surface area contributed by atoms with E-state index in [0.29, 0.717) is 0 Å². The van der Waals surface area contributed by atoms with Crippen LogP contribution in [0.1, 0.15) is 0 Å². The normalized spacial score (nSPS) is 10.4. The maximum atomic E-state index is 4.26. The molecule has 3 aromatic rings. The van der Waals surface area contributed by atoms with Gasteiger partial charge in [0.2, 0.25) is 0 Å². The molecule has 3 rings (SSSR count). The molecule has 0 atom stereocenters. The molecule has 0 amide bonds.